The summed E-state index contributed by atoms with van der Waals surface area (Å²) in [5.41, 5.74) is 0.963. The molecule has 0 amide bonds. The largest absolute Gasteiger partial charge is 0.466 e. The molecule has 0 aliphatic carbocycles. The van der Waals surface area contributed by atoms with Crippen LogP contribution in [0.3, 0.4) is 0 Å². The Labute approximate surface area is 128 Å². The van der Waals surface area contributed by atoms with Crippen LogP contribution >= 0.6 is 0 Å². The Kier molecular flexibility index (Phi) is 5.14. The third-order valence-corrected chi connectivity index (χ3v) is 2.91. The van der Waals surface area contributed by atoms with Crippen molar-refractivity contribution < 1.29 is 23.5 Å². The number of carbonyl (C=O) groups is 2. The Bertz CT molecular complexity index is 656. The lowest BCUT2D eigenvalue weighted by Gasteiger charge is -2.17. The fraction of sp³-hybridized carbons (Fsp3) is 0.176. The number of carbonyl (C=O) groups excluding carboxylic acids is 2. The number of esters is 2. The summed E-state index contributed by atoms with van der Waals surface area (Å²) in [6.07, 6.45) is 2.10. The van der Waals surface area contributed by atoms with Crippen molar-refractivity contribution in [3.63, 3.8) is 0 Å². The maximum absolute atomic E-state index is 12.1. The van der Waals surface area contributed by atoms with E-state index in [4.69, 9.17) is 13.9 Å². The van der Waals surface area contributed by atoms with Gasteiger partial charge in [-0.3, -0.25) is 4.79 Å². The van der Waals surface area contributed by atoms with Gasteiger partial charge in [-0.25, -0.2) is 4.79 Å². The van der Waals surface area contributed by atoms with Crippen LogP contribution in [0.15, 0.2) is 58.7 Å². The van der Waals surface area contributed by atoms with Gasteiger partial charge in [-0.1, -0.05) is 30.3 Å². The maximum atomic E-state index is 12.1. The number of furan rings is 1. The standard InChI is InChI=1S/C17H16O5/c1-12(18)22-16(15-9-6-10-21-15)14(17(19)20-2)11-13-7-4-3-5-8-13/h3-11,16H,1-2H3/b14-11+. The third kappa shape index (κ3) is 3.85. The van der Waals surface area contributed by atoms with Gasteiger partial charge in [0, 0.05) is 6.92 Å². The van der Waals surface area contributed by atoms with Crippen LogP contribution in [0, 0.1) is 0 Å². The number of benzene rings is 1. The molecule has 1 atom stereocenters. The van der Waals surface area contributed by atoms with E-state index < -0.39 is 18.0 Å². The van der Waals surface area contributed by atoms with E-state index in [1.807, 2.05) is 30.3 Å². The van der Waals surface area contributed by atoms with E-state index in [1.54, 1.807) is 18.2 Å². The molecule has 1 unspecified atom stereocenters. The predicted molar refractivity (Wildman–Crippen MR) is 79.7 cm³/mol. The van der Waals surface area contributed by atoms with E-state index >= 15 is 0 Å². The Morgan fingerprint density at radius 3 is 2.41 bits per heavy atom. The highest BCUT2D eigenvalue weighted by Crippen LogP contribution is 2.29. The topological polar surface area (TPSA) is 65.7 Å². The maximum Gasteiger partial charge on any atom is 0.338 e. The normalized spacial score (nSPS) is 12.5. The molecule has 0 saturated carbocycles. The van der Waals surface area contributed by atoms with Crippen LogP contribution in [0.25, 0.3) is 6.08 Å². The quantitative estimate of drug-likeness (QED) is 0.627. The van der Waals surface area contributed by atoms with Gasteiger partial charge in [-0.15, -0.1) is 0 Å². The van der Waals surface area contributed by atoms with Gasteiger partial charge in [0.1, 0.15) is 5.76 Å². The van der Waals surface area contributed by atoms with E-state index in [9.17, 15) is 9.59 Å². The van der Waals surface area contributed by atoms with Gasteiger partial charge in [0.2, 0.25) is 0 Å². The molecule has 5 heteroatoms. The second kappa shape index (κ2) is 7.26. The molecule has 2 rings (SSSR count). The van der Waals surface area contributed by atoms with Crippen LogP contribution < -0.4 is 0 Å². The van der Waals surface area contributed by atoms with Crippen LogP contribution in [-0.2, 0) is 19.1 Å². The van der Waals surface area contributed by atoms with Crippen molar-refractivity contribution in [2.75, 3.05) is 7.11 Å². The Balaban J connectivity index is 2.47. The SMILES string of the molecule is COC(=O)/C(=C/c1ccccc1)C(OC(C)=O)c1ccco1. The molecule has 0 fully saturated rings. The lowest BCUT2D eigenvalue weighted by molar-refractivity contribution is -0.148. The van der Waals surface area contributed by atoms with Crippen LogP contribution in [-0.4, -0.2) is 19.0 Å². The number of hydrogen-bond donors (Lipinski definition) is 0. The number of rotatable bonds is 5. The average molecular weight is 300 g/mol. The summed E-state index contributed by atoms with van der Waals surface area (Å²) < 4.78 is 15.3. The molecule has 1 aromatic carbocycles. The second-order valence-electron chi connectivity index (χ2n) is 4.51. The molecule has 0 spiro atoms. The minimum absolute atomic E-state index is 0.179. The molecule has 0 aliphatic rings. The van der Waals surface area contributed by atoms with E-state index in [-0.39, 0.29) is 5.57 Å². The summed E-state index contributed by atoms with van der Waals surface area (Å²) in [5.74, 6) is -0.765. The molecule has 1 aromatic heterocycles. The van der Waals surface area contributed by atoms with Gasteiger partial charge in [0.15, 0.2) is 6.10 Å². The molecule has 0 aliphatic heterocycles. The third-order valence-electron chi connectivity index (χ3n) is 2.91. The first-order valence-electron chi connectivity index (χ1n) is 6.67. The van der Waals surface area contributed by atoms with Crippen molar-refractivity contribution >= 4 is 18.0 Å². The molecule has 0 bridgehead atoms. The zero-order chi connectivity index (χ0) is 15.9. The van der Waals surface area contributed by atoms with E-state index in [0.29, 0.717) is 5.76 Å². The molecule has 2 aromatic rings. The predicted octanol–water partition coefficient (Wildman–Crippen LogP) is 3.14. The molecule has 0 saturated heterocycles. The molecule has 0 radical (unpaired) electrons. The molecule has 5 nitrogen and oxygen atoms in total. The van der Waals surface area contributed by atoms with Gasteiger partial charge in [-0.05, 0) is 23.8 Å². The van der Waals surface area contributed by atoms with Gasteiger partial charge >= 0.3 is 11.9 Å². The van der Waals surface area contributed by atoms with E-state index in [2.05, 4.69) is 0 Å². The van der Waals surface area contributed by atoms with Crippen molar-refractivity contribution in [3.8, 4) is 0 Å². The molecule has 0 N–H and O–H groups in total. The summed E-state index contributed by atoms with van der Waals surface area (Å²) in [5, 5.41) is 0. The number of hydrogen-bond acceptors (Lipinski definition) is 5. The first-order valence-corrected chi connectivity index (χ1v) is 6.67. The van der Waals surface area contributed by atoms with Crippen molar-refractivity contribution in [2.45, 2.75) is 13.0 Å². The van der Waals surface area contributed by atoms with Gasteiger partial charge < -0.3 is 13.9 Å². The van der Waals surface area contributed by atoms with E-state index in [0.717, 1.165) is 5.56 Å². The minimum atomic E-state index is -0.958. The van der Waals surface area contributed by atoms with Crippen molar-refractivity contribution in [2.24, 2.45) is 0 Å². The summed E-state index contributed by atoms with van der Waals surface area (Å²) in [7, 11) is 1.27. The molecule has 1 heterocycles. The van der Waals surface area contributed by atoms with Crippen LogP contribution in [0.4, 0.5) is 0 Å². The first-order chi connectivity index (χ1) is 10.6. The lowest BCUT2D eigenvalue weighted by atomic mass is 10.0. The van der Waals surface area contributed by atoms with Gasteiger partial charge in [-0.2, -0.15) is 0 Å². The fourth-order valence-electron chi connectivity index (χ4n) is 1.97. The summed E-state index contributed by atoms with van der Waals surface area (Å²) >= 11 is 0. The summed E-state index contributed by atoms with van der Waals surface area (Å²) in [6.45, 7) is 1.27. The van der Waals surface area contributed by atoms with Crippen LogP contribution in [0.2, 0.25) is 0 Å². The zero-order valence-electron chi connectivity index (χ0n) is 12.3. The van der Waals surface area contributed by atoms with Crippen molar-refractivity contribution in [1.82, 2.24) is 0 Å². The number of ether oxygens (including phenoxy) is 2. The van der Waals surface area contributed by atoms with Crippen LogP contribution in [0.5, 0.6) is 0 Å². The monoisotopic (exact) mass is 300 g/mol. The lowest BCUT2D eigenvalue weighted by Crippen LogP contribution is -2.17. The Hall–Kier alpha value is -2.82. The van der Waals surface area contributed by atoms with E-state index in [1.165, 1.54) is 20.3 Å². The second-order valence-corrected chi connectivity index (χ2v) is 4.51. The molecule has 114 valence electrons. The highest BCUT2D eigenvalue weighted by molar-refractivity contribution is 5.95. The van der Waals surface area contributed by atoms with Gasteiger partial charge in [0.25, 0.3) is 0 Å². The number of methoxy groups -OCH3 is 1. The van der Waals surface area contributed by atoms with Gasteiger partial charge in [0.05, 0.1) is 18.9 Å². The van der Waals surface area contributed by atoms with Crippen molar-refractivity contribution in [1.29, 1.82) is 0 Å². The fourth-order valence-corrected chi connectivity index (χ4v) is 1.97. The average Bonchev–Trinajstić information content (AvgIpc) is 3.05. The smallest absolute Gasteiger partial charge is 0.338 e. The highest BCUT2D eigenvalue weighted by Gasteiger charge is 2.28. The summed E-state index contributed by atoms with van der Waals surface area (Å²) in [6, 6.07) is 12.5. The molecule has 22 heavy (non-hydrogen) atoms. The van der Waals surface area contributed by atoms with Crippen molar-refractivity contribution in [3.05, 3.63) is 65.6 Å². The minimum Gasteiger partial charge on any atom is -0.466 e. The highest BCUT2D eigenvalue weighted by atomic mass is 16.6. The molecular weight excluding hydrogens is 284 g/mol. The Morgan fingerprint density at radius 2 is 1.86 bits per heavy atom. The first kappa shape index (κ1) is 15.6. The van der Waals surface area contributed by atoms with Crippen LogP contribution in [0.1, 0.15) is 24.4 Å². The zero-order valence-corrected chi connectivity index (χ0v) is 12.3. The molecular formula is C17H16O5. The summed E-state index contributed by atoms with van der Waals surface area (Å²) in [4.78, 5) is 23.5. The Morgan fingerprint density at radius 1 is 1.14 bits per heavy atom.